The number of aromatic nitrogens is 5. The first-order valence-corrected chi connectivity index (χ1v) is 6.72. The summed E-state index contributed by atoms with van der Waals surface area (Å²) in [6.45, 7) is 0.533. The van der Waals surface area contributed by atoms with Crippen LogP contribution in [0.2, 0.25) is 0 Å². The van der Waals surface area contributed by atoms with Crippen molar-refractivity contribution in [1.29, 1.82) is 0 Å². The van der Waals surface area contributed by atoms with Gasteiger partial charge in [-0.15, -0.1) is 10.2 Å². The standard InChI is InChI=1S/C13H15N5O2S/c1-17-7-14-16-12(17)6-18-9-5-11(20-3)10(19-2)4-8(9)15-13(18)21/h4-5,7H,6H2,1-3H3,(H,15,21). The van der Waals surface area contributed by atoms with Crippen LogP contribution in [-0.2, 0) is 13.6 Å². The number of nitrogens with one attached hydrogen (secondary N) is 1. The SMILES string of the molecule is COc1cc2[nH]c(=S)n(Cc3nncn3C)c2cc1OC. The van der Waals surface area contributed by atoms with Crippen LogP contribution in [0.1, 0.15) is 5.82 Å². The maximum absolute atomic E-state index is 5.40. The molecule has 3 aromatic rings. The fourth-order valence-electron chi connectivity index (χ4n) is 2.23. The highest BCUT2D eigenvalue weighted by Crippen LogP contribution is 2.32. The molecule has 0 aliphatic carbocycles. The molecule has 0 aliphatic rings. The van der Waals surface area contributed by atoms with Crippen molar-refractivity contribution in [1.82, 2.24) is 24.3 Å². The van der Waals surface area contributed by atoms with Crippen LogP contribution in [0.5, 0.6) is 11.5 Å². The van der Waals surface area contributed by atoms with Crippen molar-refractivity contribution in [2.75, 3.05) is 14.2 Å². The molecule has 0 radical (unpaired) electrons. The maximum atomic E-state index is 5.40. The van der Waals surface area contributed by atoms with Crippen molar-refractivity contribution < 1.29 is 9.47 Å². The maximum Gasteiger partial charge on any atom is 0.178 e. The third-order valence-corrected chi connectivity index (χ3v) is 3.71. The first kappa shape index (κ1) is 13.6. The molecule has 0 aliphatic heterocycles. The molecule has 0 spiro atoms. The van der Waals surface area contributed by atoms with Gasteiger partial charge in [0.2, 0.25) is 0 Å². The van der Waals surface area contributed by atoms with E-state index < -0.39 is 0 Å². The van der Waals surface area contributed by atoms with Crippen molar-refractivity contribution in [2.24, 2.45) is 7.05 Å². The van der Waals surface area contributed by atoms with Gasteiger partial charge in [0.25, 0.3) is 0 Å². The lowest BCUT2D eigenvalue weighted by Gasteiger charge is -2.09. The van der Waals surface area contributed by atoms with E-state index in [-0.39, 0.29) is 0 Å². The third kappa shape index (κ3) is 2.27. The van der Waals surface area contributed by atoms with Crippen LogP contribution >= 0.6 is 12.2 Å². The van der Waals surface area contributed by atoms with Crippen LogP contribution in [0.4, 0.5) is 0 Å². The van der Waals surface area contributed by atoms with E-state index in [1.165, 1.54) is 0 Å². The van der Waals surface area contributed by atoms with Gasteiger partial charge in [0.05, 0.1) is 31.8 Å². The molecule has 0 amide bonds. The van der Waals surface area contributed by atoms with Crippen molar-refractivity contribution in [3.05, 3.63) is 29.1 Å². The molecular formula is C13H15N5O2S. The smallest absolute Gasteiger partial charge is 0.178 e. The zero-order valence-electron chi connectivity index (χ0n) is 12.0. The van der Waals surface area contributed by atoms with Crippen LogP contribution < -0.4 is 9.47 Å². The fraction of sp³-hybridized carbons (Fsp3) is 0.308. The Kier molecular flexibility index (Phi) is 3.38. The predicted octanol–water partition coefficient (Wildman–Crippen LogP) is 1.89. The topological polar surface area (TPSA) is 69.9 Å². The second kappa shape index (κ2) is 5.21. The monoisotopic (exact) mass is 305 g/mol. The van der Waals surface area contributed by atoms with Crippen LogP contribution in [0, 0.1) is 4.77 Å². The van der Waals surface area contributed by atoms with E-state index in [1.54, 1.807) is 20.5 Å². The summed E-state index contributed by atoms with van der Waals surface area (Å²) in [5.41, 5.74) is 1.82. The molecule has 0 atom stereocenters. The van der Waals surface area contributed by atoms with E-state index in [1.807, 2.05) is 28.3 Å². The Morgan fingerprint density at radius 1 is 1.24 bits per heavy atom. The lowest BCUT2D eigenvalue weighted by molar-refractivity contribution is 0.355. The van der Waals surface area contributed by atoms with Crippen molar-refractivity contribution in [3.63, 3.8) is 0 Å². The molecule has 0 unspecified atom stereocenters. The Labute approximate surface area is 126 Å². The van der Waals surface area contributed by atoms with Crippen molar-refractivity contribution in [2.45, 2.75) is 6.54 Å². The normalized spacial score (nSPS) is 11.0. The Bertz CT molecular complexity index is 848. The van der Waals surface area contributed by atoms with E-state index in [0.29, 0.717) is 22.8 Å². The molecule has 0 saturated heterocycles. The summed E-state index contributed by atoms with van der Waals surface area (Å²) in [7, 11) is 5.12. The molecule has 3 rings (SSSR count). The summed E-state index contributed by atoms with van der Waals surface area (Å²) in [6, 6.07) is 3.77. The number of methoxy groups -OCH3 is 2. The fourth-order valence-corrected chi connectivity index (χ4v) is 2.51. The molecule has 0 bridgehead atoms. The third-order valence-electron chi connectivity index (χ3n) is 3.38. The highest BCUT2D eigenvalue weighted by atomic mass is 32.1. The van der Waals surface area contributed by atoms with Gasteiger partial charge in [-0.1, -0.05) is 0 Å². The van der Waals surface area contributed by atoms with Crippen molar-refractivity contribution >= 4 is 23.3 Å². The average molecular weight is 305 g/mol. The number of hydrogen-bond donors (Lipinski definition) is 1. The number of aromatic amines is 1. The van der Waals surface area contributed by atoms with E-state index in [4.69, 9.17) is 21.7 Å². The number of imidazole rings is 1. The van der Waals surface area contributed by atoms with Gasteiger partial charge in [-0.25, -0.2) is 0 Å². The number of nitrogens with zero attached hydrogens (tertiary/aromatic N) is 4. The lowest BCUT2D eigenvalue weighted by Crippen LogP contribution is -2.06. The minimum Gasteiger partial charge on any atom is -0.493 e. The number of benzene rings is 1. The zero-order valence-corrected chi connectivity index (χ0v) is 12.8. The Morgan fingerprint density at radius 2 is 1.95 bits per heavy atom. The molecule has 0 saturated carbocycles. The highest BCUT2D eigenvalue weighted by molar-refractivity contribution is 7.71. The van der Waals surface area contributed by atoms with Gasteiger partial charge in [-0.2, -0.15) is 0 Å². The molecule has 21 heavy (non-hydrogen) atoms. The average Bonchev–Trinajstić information content (AvgIpc) is 3.02. The number of aryl methyl sites for hydroxylation is 1. The minimum absolute atomic E-state index is 0.533. The molecule has 110 valence electrons. The van der Waals surface area contributed by atoms with Crippen LogP contribution in [0.15, 0.2) is 18.5 Å². The summed E-state index contributed by atoms with van der Waals surface area (Å²) in [6.07, 6.45) is 1.66. The van der Waals surface area contributed by atoms with E-state index in [2.05, 4.69) is 15.2 Å². The molecule has 1 aromatic carbocycles. The zero-order chi connectivity index (χ0) is 15.0. The van der Waals surface area contributed by atoms with E-state index in [0.717, 1.165) is 16.9 Å². The summed E-state index contributed by atoms with van der Waals surface area (Å²) in [5, 5.41) is 7.97. The summed E-state index contributed by atoms with van der Waals surface area (Å²) in [4.78, 5) is 3.17. The predicted molar refractivity (Wildman–Crippen MR) is 80.3 cm³/mol. The molecule has 7 nitrogen and oxygen atoms in total. The van der Waals surface area contributed by atoms with Gasteiger partial charge in [-0.05, 0) is 12.2 Å². The quantitative estimate of drug-likeness (QED) is 0.745. The first-order valence-electron chi connectivity index (χ1n) is 6.31. The number of fused-ring (bicyclic) bond motifs is 1. The summed E-state index contributed by atoms with van der Waals surface area (Å²) < 4.78 is 15.1. The Hall–Kier alpha value is -2.35. The van der Waals surface area contributed by atoms with Crippen molar-refractivity contribution in [3.8, 4) is 11.5 Å². The highest BCUT2D eigenvalue weighted by Gasteiger charge is 2.13. The van der Waals surface area contributed by atoms with Gasteiger partial charge >= 0.3 is 0 Å². The van der Waals surface area contributed by atoms with Crippen LogP contribution in [-0.4, -0.2) is 38.5 Å². The van der Waals surface area contributed by atoms with Gasteiger partial charge < -0.3 is 23.6 Å². The molecule has 2 aromatic heterocycles. The molecule has 1 N–H and O–H groups in total. The molecule has 8 heteroatoms. The van der Waals surface area contributed by atoms with E-state index in [9.17, 15) is 0 Å². The van der Waals surface area contributed by atoms with Gasteiger partial charge in [0.1, 0.15) is 6.33 Å². The van der Waals surface area contributed by atoms with Gasteiger partial charge in [0.15, 0.2) is 22.1 Å². The van der Waals surface area contributed by atoms with Crippen LogP contribution in [0.25, 0.3) is 11.0 Å². The number of rotatable bonds is 4. The second-order valence-corrected chi connectivity index (χ2v) is 4.99. The molecular weight excluding hydrogens is 290 g/mol. The molecule has 2 heterocycles. The number of ether oxygens (including phenoxy) is 2. The largest absolute Gasteiger partial charge is 0.493 e. The number of hydrogen-bond acceptors (Lipinski definition) is 5. The van der Waals surface area contributed by atoms with Crippen LogP contribution in [0.3, 0.4) is 0 Å². The van der Waals surface area contributed by atoms with Gasteiger partial charge in [0, 0.05) is 19.2 Å². The Morgan fingerprint density at radius 3 is 2.57 bits per heavy atom. The first-order chi connectivity index (χ1) is 10.1. The Balaban J connectivity index is 2.16. The minimum atomic E-state index is 0.533. The summed E-state index contributed by atoms with van der Waals surface area (Å²) in [5.74, 6) is 2.14. The lowest BCUT2D eigenvalue weighted by atomic mass is 10.2. The second-order valence-electron chi connectivity index (χ2n) is 4.60. The van der Waals surface area contributed by atoms with Gasteiger partial charge in [-0.3, -0.25) is 0 Å². The molecule has 0 fully saturated rings. The van der Waals surface area contributed by atoms with E-state index >= 15 is 0 Å². The number of H-pyrrole nitrogens is 1. The summed E-state index contributed by atoms with van der Waals surface area (Å²) >= 11 is 5.40.